The van der Waals surface area contributed by atoms with Gasteiger partial charge in [-0.1, -0.05) is 88.6 Å². The third-order valence-electron chi connectivity index (χ3n) is 4.57. The maximum Gasteiger partial charge on any atom is 1.00 e. The Morgan fingerprint density at radius 1 is 0.571 bits per heavy atom. The van der Waals surface area contributed by atoms with Gasteiger partial charge >= 0.3 is 59.1 Å². The van der Waals surface area contributed by atoms with E-state index in [-0.39, 0.29) is 137 Å². The van der Waals surface area contributed by atoms with Crippen LogP contribution in [-0.4, -0.2) is 90.8 Å². The number of unbranched alkanes of at least 4 members (excludes halogenated alkanes) is 9. The molecule has 0 radical (unpaired) electrons. The number of nitrogens with zero attached hydrogens (tertiary/aromatic N) is 1. The molecule has 0 aliphatic heterocycles. The Balaban J connectivity index is -0.0000000224. The first-order valence-electron chi connectivity index (χ1n) is 10.2. The molecule has 1 aromatic rings. The molecule has 24 N–H and O–H groups in total. The van der Waals surface area contributed by atoms with Crippen LogP contribution in [0.15, 0.2) is 30.3 Å². The average molecular weight is 698 g/mol. The second-order valence-corrected chi connectivity index (χ2v) is 8.83. The predicted octanol–water partition coefficient (Wildman–Crippen LogP) is -12.1. The van der Waals surface area contributed by atoms with Gasteiger partial charge in [0, 0.05) is 5.56 Å². The first-order chi connectivity index (χ1) is 12.6. The second-order valence-electron chi connectivity index (χ2n) is 7.93. The summed E-state index contributed by atoms with van der Waals surface area (Å²) in [6, 6.07) is 10.9. The zero-order chi connectivity index (χ0) is 20.6. The van der Waals surface area contributed by atoms with Gasteiger partial charge in [0.15, 0.2) is 0 Å². The normalized spacial score (nSPS) is 7.57. The fourth-order valence-electron chi connectivity index (χ4n) is 3.18. The predicted molar refractivity (Wildman–Crippen MR) is 157 cm³/mol. The number of quaternary nitrogens is 1. The maximum absolute atomic E-state index is 8.55. The molecule has 1 rings (SSSR count). The molecule has 262 valence electrons. The molecule has 0 saturated carbocycles. The van der Waals surface area contributed by atoms with Gasteiger partial charge in [-0.2, -0.15) is 7.82 Å². The fourth-order valence-corrected chi connectivity index (χ4v) is 3.18. The molecule has 0 bridgehead atoms. The molecule has 0 amide bonds. The minimum Gasteiger partial charge on any atom is -0.822 e. The summed E-state index contributed by atoms with van der Waals surface area (Å²) in [7, 11) is -0.665. The van der Waals surface area contributed by atoms with Crippen LogP contribution in [0.1, 0.15) is 76.7 Å². The van der Waals surface area contributed by atoms with Crippen molar-refractivity contribution in [1.29, 1.82) is 0 Å². The van der Waals surface area contributed by atoms with Gasteiger partial charge in [-0.05, 0) is 12.8 Å². The third-order valence-corrected chi connectivity index (χ3v) is 4.57. The van der Waals surface area contributed by atoms with Crippen molar-refractivity contribution >= 4 is 20.2 Å². The van der Waals surface area contributed by atoms with E-state index in [0.29, 0.717) is 0 Å². The fraction of sp³-hybridized carbons (Fsp3) is 0.714. The van der Waals surface area contributed by atoms with Gasteiger partial charge in [-0.3, -0.25) is 0 Å². The number of hydrogen-bond donors (Lipinski definition) is 0. The molecule has 42 heavy (non-hydrogen) atoms. The van der Waals surface area contributed by atoms with Gasteiger partial charge in [-0.25, -0.2) is 0 Å². The molecular weight excluding hydrogens is 635 g/mol. The third kappa shape index (κ3) is 90.0. The van der Waals surface area contributed by atoms with E-state index < -0.39 is 7.82 Å². The molecule has 0 heterocycles. The van der Waals surface area contributed by atoms with Crippen LogP contribution in [0.4, 0.5) is 0 Å². The van der Waals surface area contributed by atoms with Crippen molar-refractivity contribution in [3.05, 3.63) is 35.9 Å². The van der Waals surface area contributed by atoms with Crippen molar-refractivity contribution in [1.82, 2.24) is 0 Å². The smallest absolute Gasteiger partial charge is 0.822 e. The van der Waals surface area contributed by atoms with Crippen LogP contribution in [0.3, 0.4) is 0 Å². The first-order valence-corrected chi connectivity index (χ1v) is 11.7. The topological polar surface area (TPSA) is 464 Å². The van der Waals surface area contributed by atoms with Crippen LogP contribution in [0.25, 0.3) is 0 Å². The van der Waals surface area contributed by atoms with E-state index in [0.717, 1.165) is 11.0 Å². The Morgan fingerprint density at radius 3 is 1.12 bits per heavy atom. The van der Waals surface area contributed by atoms with Gasteiger partial charge in [0.05, 0.1) is 20.6 Å². The van der Waals surface area contributed by atoms with Crippen molar-refractivity contribution in [2.75, 3.05) is 20.6 Å². The van der Waals surface area contributed by atoms with Gasteiger partial charge < -0.3 is 89.4 Å². The van der Waals surface area contributed by atoms with Gasteiger partial charge in [0.25, 0.3) is 0 Å². The zero-order valence-corrected chi connectivity index (χ0v) is 31.5. The number of rotatable bonds is 13. The quantitative estimate of drug-likeness (QED) is 0.0838. The largest absolute Gasteiger partial charge is 1.00 e. The monoisotopic (exact) mass is 697 g/mol. The Labute approximate surface area is 301 Å². The molecule has 0 fully saturated rings. The van der Waals surface area contributed by atoms with E-state index in [9.17, 15) is 0 Å². The van der Waals surface area contributed by atoms with Crippen molar-refractivity contribution in [2.45, 2.75) is 77.7 Å². The Morgan fingerprint density at radius 2 is 0.833 bits per heavy atom. The number of phosphoric acid groups is 1. The van der Waals surface area contributed by atoms with E-state index >= 15 is 0 Å². The van der Waals surface area contributed by atoms with Crippen LogP contribution in [0.5, 0.6) is 0 Å². The SMILES string of the molecule is CCCCCCCCCCCC[N+](C)(C)Cc1ccccc1.Cl.O.O.O.O.O.O.O.O.O.O.O.O.O=P([O-])([O-])[O-].[Na+].[Na+]. The Bertz CT molecular complexity index is 534. The van der Waals surface area contributed by atoms with E-state index in [4.69, 9.17) is 19.2 Å². The standard InChI is InChI=1S/C21H38N.ClH.2Na.H3O4P.12H2O/c1-4-5-6-7-8-9-10-11-12-16-19-22(2,3)20-21-17-14-13-15-18-21;;;;1-5(2,3)4;;;;;;;;;;;;/h13-15,17-18H,4-12,16,19-20H2,1-3H3;1H;;;(H3,1,2,3,4);12*1H2/q+1;;2*+1;;;;;;;;;;;;;/p-3. The molecular formula is C21H63ClNNa2O16P. The summed E-state index contributed by atoms with van der Waals surface area (Å²) < 4.78 is 9.66. The summed E-state index contributed by atoms with van der Waals surface area (Å²) in [5.74, 6) is 0. The number of hydrogen-bond acceptors (Lipinski definition) is 4. The maximum atomic E-state index is 8.55. The number of benzene rings is 1. The molecule has 0 aliphatic carbocycles. The van der Waals surface area contributed by atoms with Crippen molar-refractivity contribution < 1.29 is 149 Å². The molecule has 21 heteroatoms. The average Bonchev–Trinajstić information content (AvgIpc) is 2.55. The minimum atomic E-state index is -5.39. The van der Waals surface area contributed by atoms with E-state index in [1.54, 1.807) is 0 Å². The molecule has 0 spiro atoms. The van der Waals surface area contributed by atoms with Crippen LogP contribution in [0, 0.1) is 0 Å². The molecule has 0 aromatic heterocycles. The summed E-state index contributed by atoms with van der Waals surface area (Å²) in [6.07, 6.45) is 14.2. The van der Waals surface area contributed by atoms with Crippen LogP contribution in [-0.2, 0) is 11.1 Å². The van der Waals surface area contributed by atoms with Crippen molar-refractivity contribution in [3.8, 4) is 0 Å². The molecule has 0 saturated heterocycles. The summed E-state index contributed by atoms with van der Waals surface area (Å²) in [4.78, 5) is 25.6. The molecule has 1 aromatic carbocycles. The summed E-state index contributed by atoms with van der Waals surface area (Å²) >= 11 is 0. The van der Waals surface area contributed by atoms with Gasteiger partial charge in [0.1, 0.15) is 6.54 Å². The number of halogens is 1. The summed E-state index contributed by atoms with van der Waals surface area (Å²) in [6.45, 7) is 4.74. The minimum absolute atomic E-state index is 0. The van der Waals surface area contributed by atoms with Crippen LogP contribution in [0.2, 0.25) is 0 Å². The summed E-state index contributed by atoms with van der Waals surface area (Å²) in [5, 5.41) is 0. The summed E-state index contributed by atoms with van der Waals surface area (Å²) in [5.41, 5.74) is 1.46. The molecule has 0 unspecified atom stereocenters. The van der Waals surface area contributed by atoms with Crippen molar-refractivity contribution in [3.63, 3.8) is 0 Å². The van der Waals surface area contributed by atoms with Gasteiger partial charge in [-0.15, -0.1) is 12.4 Å². The molecule has 17 nitrogen and oxygen atoms in total. The Kier molecular flexibility index (Phi) is 161. The first kappa shape index (κ1) is 104. The van der Waals surface area contributed by atoms with E-state index in [1.165, 1.54) is 76.3 Å². The van der Waals surface area contributed by atoms with E-state index in [1.807, 2.05) is 0 Å². The molecule has 0 aliphatic rings. The van der Waals surface area contributed by atoms with E-state index in [2.05, 4.69) is 51.4 Å². The second kappa shape index (κ2) is 64.9. The van der Waals surface area contributed by atoms with Crippen molar-refractivity contribution in [2.24, 2.45) is 0 Å². The van der Waals surface area contributed by atoms with Crippen LogP contribution < -0.4 is 73.8 Å². The van der Waals surface area contributed by atoms with Gasteiger partial charge in [0.2, 0.25) is 0 Å². The Hall–Kier alpha value is 1.10. The van der Waals surface area contributed by atoms with Crippen LogP contribution >= 0.6 is 20.2 Å². The zero-order valence-electron chi connectivity index (χ0n) is 25.8. The molecule has 0 atom stereocenters.